The van der Waals surface area contributed by atoms with Crippen LogP contribution in [0.25, 0.3) is 0 Å². The first kappa shape index (κ1) is 18.1. The van der Waals surface area contributed by atoms with Crippen molar-refractivity contribution in [1.29, 1.82) is 0 Å². The Morgan fingerprint density at radius 3 is 2.14 bits per heavy atom. The van der Waals surface area contributed by atoms with E-state index < -0.39 is 0 Å². The Bertz CT molecular complexity index is 381. The molecule has 3 heteroatoms. The minimum absolute atomic E-state index is 0.150. The predicted octanol–water partition coefficient (Wildman–Crippen LogP) is 3.00. The number of benzene rings is 1. The summed E-state index contributed by atoms with van der Waals surface area (Å²) in [6.07, 6.45) is 1.20. The van der Waals surface area contributed by atoms with E-state index in [2.05, 4.69) is 87.4 Å². The molecule has 1 aromatic carbocycles. The molecular formula is C18H33N3. The SMILES string of the molecule is CN(C)CCCN(C)C(CNC(C)(C)C)c1ccccc1. The molecule has 0 saturated carbocycles. The van der Waals surface area contributed by atoms with E-state index in [1.165, 1.54) is 12.0 Å². The third-order valence-corrected chi connectivity index (χ3v) is 3.66. The summed E-state index contributed by atoms with van der Waals surface area (Å²) in [6.45, 7) is 9.90. The van der Waals surface area contributed by atoms with Crippen LogP contribution in [0.4, 0.5) is 0 Å². The second kappa shape index (κ2) is 8.52. The van der Waals surface area contributed by atoms with Gasteiger partial charge >= 0.3 is 0 Å². The molecule has 0 bridgehead atoms. The van der Waals surface area contributed by atoms with Crippen LogP contribution in [0.2, 0.25) is 0 Å². The molecule has 1 N–H and O–H groups in total. The zero-order chi connectivity index (χ0) is 15.9. The third-order valence-electron chi connectivity index (χ3n) is 3.66. The molecule has 0 aliphatic carbocycles. The van der Waals surface area contributed by atoms with Crippen LogP contribution in [-0.2, 0) is 0 Å². The van der Waals surface area contributed by atoms with Crippen LogP contribution in [0.15, 0.2) is 30.3 Å². The van der Waals surface area contributed by atoms with Gasteiger partial charge in [-0.3, -0.25) is 4.90 Å². The van der Waals surface area contributed by atoms with Crippen molar-refractivity contribution < 1.29 is 0 Å². The summed E-state index contributed by atoms with van der Waals surface area (Å²) in [7, 11) is 6.50. The van der Waals surface area contributed by atoms with Gasteiger partial charge in [-0.1, -0.05) is 30.3 Å². The molecule has 0 aromatic heterocycles. The van der Waals surface area contributed by atoms with Crippen molar-refractivity contribution in [3.8, 4) is 0 Å². The Hall–Kier alpha value is -0.900. The van der Waals surface area contributed by atoms with E-state index in [0.717, 1.165) is 19.6 Å². The standard InChI is InChI=1S/C18H33N3/c1-18(2,3)19-15-17(16-11-8-7-9-12-16)21(6)14-10-13-20(4)5/h7-9,11-12,17,19H,10,13-15H2,1-6H3. The smallest absolute Gasteiger partial charge is 0.0469 e. The molecule has 0 fully saturated rings. The van der Waals surface area contributed by atoms with Crippen molar-refractivity contribution in [1.82, 2.24) is 15.1 Å². The fourth-order valence-electron chi connectivity index (χ4n) is 2.40. The quantitative estimate of drug-likeness (QED) is 0.794. The minimum atomic E-state index is 0.150. The van der Waals surface area contributed by atoms with Gasteiger partial charge in [-0.05, 0) is 67.0 Å². The fourth-order valence-corrected chi connectivity index (χ4v) is 2.40. The topological polar surface area (TPSA) is 18.5 Å². The van der Waals surface area contributed by atoms with Gasteiger partial charge in [-0.25, -0.2) is 0 Å². The zero-order valence-corrected chi connectivity index (χ0v) is 14.7. The fraction of sp³-hybridized carbons (Fsp3) is 0.667. The first-order chi connectivity index (χ1) is 9.79. The van der Waals surface area contributed by atoms with E-state index >= 15 is 0 Å². The van der Waals surface area contributed by atoms with E-state index in [1.54, 1.807) is 0 Å². The first-order valence-corrected chi connectivity index (χ1v) is 7.94. The van der Waals surface area contributed by atoms with Crippen LogP contribution in [0.5, 0.6) is 0 Å². The van der Waals surface area contributed by atoms with Gasteiger partial charge in [0.2, 0.25) is 0 Å². The number of nitrogens with zero attached hydrogens (tertiary/aromatic N) is 2. The van der Waals surface area contributed by atoms with Crippen LogP contribution < -0.4 is 5.32 Å². The number of hydrogen-bond donors (Lipinski definition) is 1. The summed E-state index contributed by atoms with van der Waals surface area (Å²) in [5.74, 6) is 0. The van der Waals surface area contributed by atoms with Gasteiger partial charge in [-0.15, -0.1) is 0 Å². The molecule has 0 aliphatic heterocycles. The Labute approximate surface area is 131 Å². The first-order valence-electron chi connectivity index (χ1n) is 7.94. The van der Waals surface area contributed by atoms with Crippen molar-refractivity contribution in [2.45, 2.75) is 38.8 Å². The molecule has 0 amide bonds. The van der Waals surface area contributed by atoms with Crippen LogP contribution in [0.3, 0.4) is 0 Å². The number of nitrogens with one attached hydrogen (secondary N) is 1. The Balaban J connectivity index is 2.67. The van der Waals surface area contributed by atoms with Crippen LogP contribution in [0.1, 0.15) is 38.8 Å². The summed E-state index contributed by atoms with van der Waals surface area (Å²) in [6, 6.07) is 11.2. The lowest BCUT2D eigenvalue weighted by atomic mass is 10.0. The Morgan fingerprint density at radius 1 is 1.00 bits per heavy atom. The summed E-state index contributed by atoms with van der Waals surface area (Å²) >= 11 is 0. The van der Waals surface area contributed by atoms with Crippen molar-refractivity contribution in [2.75, 3.05) is 40.8 Å². The normalized spacial score (nSPS) is 13.9. The molecule has 1 aromatic rings. The number of rotatable bonds is 8. The molecule has 0 saturated heterocycles. The molecular weight excluding hydrogens is 258 g/mol. The van der Waals surface area contributed by atoms with E-state index in [4.69, 9.17) is 0 Å². The number of likely N-dealkylation sites (N-methyl/N-ethyl adjacent to an activating group) is 1. The molecule has 120 valence electrons. The van der Waals surface area contributed by atoms with Crippen molar-refractivity contribution >= 4 is 0 Å². The molecule has 0 aliphatic rings. The van der Waals surface area contributed by atoms with Gasteiger partial charge in [0, 0.05) is 18.1 Å². The monoisotopic (exact) mass is 291 g/mol. The molecule has 1 atom stereocenters. The van der Waals surface area contributed by atoms with Gasteiger partial charge in [0.25, 0.3) is 0 Å². The average Bonchev–Trinajstić information content (AvgIpc) is 2.38. The second-order valence-electron chi connectivity index (χ2n) is 7.19. The summed E-state index contributed by atoms with van der Waals surface area (Å²) in [5, 5.41) is 3.65. The molecule has 3 nitrogen and oxygen atoms in total. The van der Waals surface area contributed by atoms with Crippen LogP contribution >= 0.6 is 0 Å². The largest absolute Gasteiger partial charge is 0.310 e. The summed E-state index contributed by atoms with van der Waals surface area (Å²) in [4.78, 5) is 4.72. The van der Waals surface area contributed by atoms with E-state index in [0.29, 0.717) is 6.04 Å². The summed E-state index contributed by atoms with van der Waals surface area (Å²) in [5.41, 5.74) is 1.54. The maximum absolute atomic E-state index is 3.65. The van der Waals surface area contributed by atoms with Gasteiger partial charge in [0.05, 0.1) is 0 Å². The van der Waals surface area contributed by atoms with Crippen LogP contribution in [-0.4, -0.2) is 56.1 Å². The highest BCUT2D eigenvalue weighted by atomic mass is 15.2. The predicted molar refractivity (Wildman–Crippen MR) is 92.7 cm³/mol. The lowest BCUT2D eigenvalue weighted by Gasteiger charge is -2.32. The maximum atomic E-state index is 3.65. The van der Waals surface area contributed by atoms with Gasteiger partial charge in [-0.2, -0.15) is 0 Å². The highest BCUT2D eigenvalue weighted by Gasteiger charge is 2.19. The molecule has 1 rings (SSSR count). The van der Waals surface area contributed by atoms with E-state index in [9.17, 15) is 0 Å². The Morgan fingerprint density at radius 2 is 1.62 bits per heavy atom. The van der Waals surface area contributed by atoms with Gasteiger partial charge < -0.3 is 10.2 Å². The van der Waals surface area contributed by atoms with E-state index in [1.807, 2.05) is 0 Å². The number of hydrogen-bond acceptors (Lipinski definition) is 3. The molecule has 1 unspecified atom stereocenters. The van der Waals surface area contributed by atoms with Crippen molar-refractivity contribution in [2.24, 2.45) is 0 Å². The van der Waals surface area contributed by atoms with E-state index in [-0.39, 0.29) is 5.54 Å². The highest BCUT2D eigenvalue weighted by Crippen LogP contribution is 2.19. The third kappa shape index (κ3) is 7.60. The minimum Gasteiger partial charge on any atom is -0.310 e. The lowest BCUT2D eigenvalue weighted by Crippen LogP contribution is -2.42. The maximum Gasteiger partial charge on any atom is 0.0469 e. The average molecular weight is 291 g/mol. The Kier molecular flexibility index (Phi) is 7.36. The summed E-state index contributed by atoms with van der Waals surface area (Å²) < 4.78 is 0. The highest BCUT2D eigenvalue weighted by molar-refractivity contribution is 5.19. The van der Waals surface area contributed by atoms with Crippen LogP contribution in [0, 0.1) is 0 Å². The molecule has 21 heavy (non-hydrogen) atoms. The molecule has 0 radical (unpaired) electrons. The van der Waals surface area contributed by atoms with Crippen molar-refractivity contribution in [3.05, 3.63) is 35.9 Å². The molecule has 0 spiro atoms. The van der Waals surface area contributed by atoms with Gasteiger partial charge in [0.15, 0.2) is 0 Å². The molecule has 0 heterocycles. The zero-order valence-electron chi connectivity index (χ0n) is 14.7. The van der Waals surface area contributed by atoms with Crippen molar-refractivity contribution in [3.63, 3.8) is 0 Å². The second-order valence-corrected chi connectivity index (χ2v) is 7.19. The lowest BCUT2D eigenvalue weighted by molar-refractivity contribution is 0.213. The van der Waals surface area contributed by atoms with Gasteiger partial charge in [0.1, 0.15) is 0 Å².